The number of hydrogen-bond donors (Lipinski definition) is 0. The molecule has 0 aliphatic carbocycles. The smallest absolute Gasteiger partial charge is 0.129 e. The first-order valence-corrected chi connectivity index (χ1v) is 9.81. The van der Waals surface area contributed by atoms with Gasteiger partial charge in [0.05, 0.1) is 17.8 Å². The fourth-order valence-corrected chi connectivity index (χ4v) is 4.26. The molecule has 5 rings (SSSR count). The minimum Gasteiger partial charge on any atom is -0.263 e. The van der Waals surface area contributed by atoms with Gasteiger partial charge in [0.1, 0.15) is 6.17 Å². The van der Waals surface area contributed by atoms with Gasteiger partial charge in [-0.1, -0.05) is 82.1 Å². The molecule has 4 atom stereocenters. The van der Waals surface area contributed by atoms with E-state index < -0.39 is 0 Å². The topological polar surface area (TPSA) is 15.4 Å². The molecule has 4 unspecified atom stereocenters. The molecule has 2 heterocycles. The van der Waals surface area contributed by atoms with Crippen LogP contribution < -0.4 is 0 Å². The van der Waals surface area contributed by atoms with E-state index in [-0.39, 0.29) is 6.17 Å². The Kier molecular flexibility index (Phi) is 3.96. The van der Waals surface area contributed by atoms with Crippen molar-refractivity contribution < 1.29 is 0 Å². The summed E-state index contributed by atoms with van der Waals surface area (Å²) < 4.78 is 1.09. The maximum absolute atomic E-state index is 6.07. The van der Waals surface area contributed by atoms with Crippen LogP contribution in [0.15, 0.2) is 88.3 Å². The van der Waals surface area contributed by atoms with Crippen molar-refractivity contribution in [3.05, 3.63) is 105 Å². The minimum absolute atomic E-state index is 0.0592. The lowest BCUT2D eigenvalue weighted by molar-refractivity contribution is 0.404. The van der Waals surface area contributed by atoms with E-state index in [1.165, 1.54) is 11.1 Å². The molecule has 2 nitrogen and oxygen atoms in total. The highest BCUT2D eigenvalue weighted by Crippen LogP contribution is 2.55. The van der Waals surface area contributed by atoms with Gasteiger partial charge in [-0.25, -0.2) is 0 Å². The van der Waals surface area contributed by atoms with Gasteiger partial charge in [-0.05, 0) is 41.0 Å². The average molecular weight is 424 g/mol. The Morgan fingerprint density at radius 1 is 0.769 bits per heavy atom. The number of benzene rings is 3. The van der Waals surface area contributed by atoms with Crippen molar-refractivity contribution in [2.75, 3.05) is 0 Å². The summed E-state index contributed by atoms with van der Waals surface area (Å²) in [4.78, 5) is 7.57. The van der Waals surface area contributed by atoms with Crippen LogP contribution in [-0.4, -0.2) is 16.7 Å². The summed E-state index contributed by atoms with van der Waals surface area (Å²) in [5, 5.41) is 0.754. The molecule has 1 fully saturated rings. The van der Waals surface area contributed by atoms with Crippen LogP contribution in [0.3, 0.4) is 0 Å². The molecule has 128 valence electrons. The van der Waals surface area contributed by atoms with Crippen LogP contribution in [0, 0.1) is 0 Å². The van der Waals surface area contributed by atoms with Gasteiger partial charge in [-0.15, -0.1) is 0 Å². The Bertz CT molecular complexity index is 967. The van der Waals surface area contributed by atoms with Gasteiger partial charge >= 0.3 is 0 Å². The summed E-state index contributed by atoms with van der Waals surface area (Å²) in [7, 11) is 0. The Balaban J connectivity index is 1.56. The van der Waals surface area contributed by atoms with E-state index in [0.717, 1.165) is 20.8 Å². The first kappa shape index (κ1) is 16.2. The summed E-state index contributed by atoms with van der Waals surface area (Å²) in [5.41, 5.74) is 4.88. The first-order valence-electron chi connectivity index (χ1n) is 8.64. The quantitative estimate of drug-likeness (QED) is 0.470. The van der Waals surface area contributed by atoms with Crippen molar-refractivity contribution in [3.63, 3.8) is 0 Å². The normalized spacial score (nSPS) is 26.3. The fourth-order valence-electron chi connectivity index (χ4n) is 3.87. The van der Waals surface area contributed by atoms with Gasteiger partial charge in [0.15, 0.2) is 0 Å². The highest BCUT2D eigenvalue weighted by Gasteiger charge is 2.59. The molecule has 26 heavy (non-hydrogen) atoms. The third-order valence-electron chi connectivity index (χ3n) is 5.12. The van der Waals surface area contributed by atoms with E-state index in [4.69, 9.17) is 16.6 Å². The zero-order valence-electron chi connectivity index (χ0n) is 13.9. The van der Waals surface area contributed by atoms with E-state index in [9.17, 15) is 0 Å². The number of halogens is 2. The molecule has 2 aliphatic heterocycles. The zero-order chi connectivity index (χ0) is 17.7. The van der Waals surface area contributed by atoms with Crippen molar-refractivity contribution in [1.29, 1.82) is 0 Å². The molecule has 3 aromatic carbocycles. The molecule has 0 N–H and O–H groups in total. The van der Waals surface area contributed by atoms with Crippen molar-refractivity contribution in [2.24, 2.45) is 4.99 Å². The van der Waals surface area contributed by atoms with Gasteiger partial charge < -0.3 is 0 Å². The summed E-state index contributed by atoms with van der Waals surface area (Å²) in [6.07, 6.45) is 0.0592. The second kappa shape index (κ2) is 6.34. The van der Waals surface area contributed by atoms with Gasteiger partial charge in [0.25, 0.3) is 0 Å². The predicted octanol–water partition coefficient (Wildman–Crippen LogP) is 6.03. The van der Waals surface area contributed by atoms with E-state index in [2.05, 4.69) is 87.6 Å². The number of fused-ring (bicyclic) bond motifs is 1. The SMILES string of the molecule is Clc1ccc(C2=NC(c3ccc(Br)cc3)N3C2C3c2ccccc2)cc1. The maximum atomic E-state index is 6.07. The van der Waals surface area contributed by atoms with E-state index in [0.29, 0.717) is 12.1 Å². The average Bonchev–Trinajstić information content (AvgIpc) is 3.29. The third kappa shape index (κ3) is 2.71. The van der Waals surface area contributed by atoms with E-state index >= 15 is 0 Å². The van der Waals surface area contributed by atoms with Crippen LogP contribution in [0.2, 0.25) is 5.02 Å². The molecular formula is C22H16BrClN2. The van der Waals surface area contributed by atoms with Gasteiger partial charge in [0.2, 0.25) is 0 Å². The summed E-state index contributed by atoms with van der Waals surface area (Å²) in [6.45, 7) is 0. The first-order chi connectivity index (χ1) is 12.7. The number of rotatable bonds is 3. The molecule has 2 aliphatic rings. The molecule has 0 aromatic heterocycles. The molecule has 0 amide bonds. The van der Waals surface area contributed by atoms with Crippen molar-refractivity contribution in [1.82, 2.24) is 4.90 Å². The Morgan fingerprint density at radius 2 is 1.46 bits per heavy atom. The van der Waals surface area contributed by atoms with Crippen molar-refractivity contribution >= 4 is 33.2 Å². The Hall–Kier alpha value is -1.94. The lowest BCUT2D eigenvalue weighted by atomic mass is 10.0. The van der Waals surface area contributed by atoms with Crippen LogP contribution in [0.1, 0.15) is 28.9 Å². The molecular weight excluding hydrogens is 408 g/mol. The Morgan fingerprint density at radius 3 is 2.15 bits per heavy atom. The predicted molar refractivity (Wildman–Crippen MR) is 110 cm³/mol. The molecule has 1 saturated heterocycles. The van der Waals surface area contributed by atoms with Gasteiger partial charge in [-0.3, -0.25) is 9.89 Å². The lowest BCUT2D eigenvalue weighted by Gasteiger charge is -2.14. The second-order valence-corrected chi connectivity index (χ2v) is 8.05. The zero-order valence-corrected chi connectivity index (χ0v) is 16.2. The van der Waals surface area contributed by atoms with Crippen molar-refractivity contribution in [2.45, 2.75) is 18.2 Å². The van der Waals surface area contributed by atoms with E-state index in [1.54, 1.807) is 0 Å². The fraction of sp³-hybridized carbons (Fsp3) is 0.136. The Labute approximate surface area is 166 Å². The van der Waals surface area contributed by atoms with Gasteiger partial charge in [-0.2, -0.15) is 0 Å². The van der Waals surface area contributed by atoms with Crippen LogP contribution in [0.4, 0.5) is 0 Å². The van der Waals surface area contributed by atoms with Crippen LogP contribution in [0.5, 0.6) is 0 Å². The molecule has 0 spiro atoms. The van der Waals surface area contributed by atoms with Crippen LogP contribution in [0.25, 0.3) is 0 Å². The molecule has 4 heteroatoms. The van der Waals surface area contributed by atoms with Gasteiger partial charge in [0, 0.05) is 9.50 Å². The van der Waals surface area contributed by atoms with Crippen LogP contribution in [-0.2, 0) is 0 Å². The third-order valence-corrected chi connectivity index (χ3v) is 5.91. The second-order valence-electron chi connectivity index (χ2n) is 6.69. The van der Waals surface area contributed by atoms with Crippen LogP contribution >= 0.6 is 27.5 Å². The number of aliphatic imine (C=N–C) groups is 1. The number of nitrogens with zero attached hydrogens (tertiary/aromatic N) is 2. The standard InChI is InChI=1S/C22H16BrClN2/c23-17-10-6-16(7-11-17)22-25-19(14-8-12-18(24)13-9-14)21-20(26(21)22)15-4-2-1-3-5-15/h1-13,20-22H. The van der Waals surface area contributed by atoms with Crippen molar-refractivity contribution in [3.8, 4) is 0 Å². The molecule has 0 saturated carbocycles. The minimum atomic E-state index is 0.0592. The molecule has 0 bridgehead atoms. The summed E-state index contributed by atoms with van der Waals surface area (Å²) in [5.74, 6) is 0. The lowest BCUT2D eigenvalue weighted by Crippen LogP contribution is -2.08. The maximum Gasteiger partial charge on any atom is 0.129 e. The molecule has 0 radical (unpaired) electrons. The highest BCUT2D eigenvalue weighted by molar-refractivity contribution is 9.10. The summed E-state index contributed by atoms with van der Waals surface area (Å²) >= 11 is 9.60. The monoisotopic (exact) mass is 422 g/mol. The largest absolute Gasteiger partial charge is 0.263 e. The highest BCUT2D eigenvalue weighted by atomic mass is 79.9. The van der Waals surface area contributed by atoms with E-state index in [1.807, 2.05) is 12.1 Å². The molecule has 3 aromatic rings. The number of hydrogen-bond acceptors (Lipinski definition) is 2. The summed E-state index contributed by atoms with van der Waals surface area (Å²) in [6, 6.07) is 27.9.